The summed E-state index contributed by atoms with van der Waals surface area (Å²) in [6, 6.07) is 5.36. The van der Waals surface area contributed by atoms with Gasteiger partial charge in [-0.15, -0.1) is 0 Å². The highest BCUT2D eigenvalue weighted by atomic mass is 32.2. The predicted octanol–water partition coefficient (Wildman–Crippen LogP) is 2.42. The molecule has 2 heterocycles. The molecule has 0 fully saturated rings. The number of hydrogen-bond acceptors (Lipinski definition) is 5. The van der Waals surface area contributed by atoms with E-state index in [9.17, 15) is 4.79 Å². The molecule has 108 valence electrons. The van der Waals surface area contributed by atoms with E-state index in [1.165, 1.54) is 11.8 Å². The van der Waals surface area contributed by atoms with Gasteiger partial charge in [-0.05, 0) is 25.5 Å². The third kappa shape index (κ3) is 3.74. The van der Waals surface area contributed by atoms with Crippen molar-refractivity contribution in [2.75, 3.05) is 6.54 Å². The number of rotatable bonds is 6. The minimum Gasteiger partial charge on any atom is -0.465 e. The molecule has 2 aromatic rings. The fraction of sp³-hybridized carbons (Fsp3) is 0.429. The first-order valence-corrected chi connectivity index (χ1v) is 7.53. The number of nitrogens with two attached hydrogens (primary N) is 1. The molecule has 0 amide bonds. The molecule has 0 aliphatic rings. The van der Waals surface area contributed by atoms with Gasteiger partial charge in [-0.25, -0.2) is 4.98 Å². The highest BCUT2D eigenvalue weighted by Crippen LogP contribution is 2.32. The summed E-state index contributed by atoms with van der Waals surface area (Å²) in [6.45, 7) is 4.37. The number of furan rings is 1. The van der Waals surface area contributed by atoms with Crippen LogP contribution in [-0.4, -0.2) is 16.5 Å². The summed E-state index contributed by atoms with van der Waals surface area (Å²) in [7, 11) is 0. The molecule has 6 heteroatoms. The zero-order valence-corrected chi connectivity index (χ0v) is 12.5. The molecule has 0 bridgehead atoms. The maximum absolute atomic E-state index is 11.6. The average Bonchev–Trinajstić information content (AvgIpc) is 2.82. The molecular formula is C14H19N3O2S. The highest BCUT2D eigenvalue weighted by molar-refractivity contribution is 7.99. The molecule has 2 aromatic heterocycles. The SMILES string of the molecule is CCCc1cc(=O)[nH]c(SC(CN)c2ccc(C)o2)n1. The van der Waals surface area contributed by atoms with Gasteiger partial charge in [0.15, 0.2) is 5.16 Å². The second-order valence-electron chi connectivity index (χ2n) is 4.58. The van der Waals surface area contributed by atoms with Crippen LogP contribution in [0.5, 0.6) is 0 Å². The summed E-state index contributed by atoms with van der Waals surface area (Å²) in [5.74, 6) is 1.65. The molecule has 1 atom stereocenters. The van der Waals surface area contributed by atoms with Crippen LogP contribution in [0, 0.1) is 6.92 Å². The van der Waals surface area contributed by atoms with Crippen molar-refractivity contribution in [1.29, 1.82) is 0 Å². The lowest BCUT2D eigenvalue weighted by Gasteiger charge is -2.11. The van der Waals surface area contributed by atoms with Crippen LogP contribution in [0.1, 0.15) is 35.8 Å². The van der Waals surface area contributed by atoms with Crippen LogP contribution in [-0.2, 0) is 6.42 Å². The molecule has 1 unspecified atom stereocenters. The number of nitrogens with one attached hydrogen (secondary N) is 1. The predicted molar refractivity (Wildman–Crippen MR) is 80.0 cm³/mol. The van der Waals surface area contributed by atoms with Crippen LogP contribution in [0.4, 0.5) is 0 Å². The Morgan fingerprint density at radius 3 is 2.90 bits per heavy atom. The van der Waals surface area contributed by atoms with Gasteiger partial charge in [0, 0.05) is 18.3 Å². The van der Waals surface area contributed by atoms with Crippen molar-refractivity contribution in [1.82, 2.24) is 9.97 Å². The summed E-state index contributed by atoms with van der Waals surface area (Å²) < 4.78 is 5.60. The van der Waals surface area contributed by atoms with Gasteiger partial charge in [0.05, 0.1) is 5.25 Å². The van der Waals surface area contributed by atoms with Gasteiger partial charge in [-0.2, -0.15) is 0 Å². The first-order chi connectivity index (χ1) is 9.62. The quantitative estimate of drug-likeness (QED) is 0.631. The maximum Gasteiger partial charge on any atom is 0.251 e. The minimum atomic E-state index is -0.127. The van der Waals surface area contributed by atoms with Crippen molar-refractivity contribution in [2.45, 2.75) is 37.1 Å². The number of nitrogens with zero attached hydrogens (tertiary/aromatic N) is 1. The lowest BCUT2D eigenvalue weighted by Crippen LogP contribution is -2.13. The third-order valence-corrected chi connectivity index (χ3v) is 3.95. The molecule has 0 saturated heterocycles. The van der Waals surface area contributed by atoms with Gasteiger partial charge in [0.1, 0.15) is 11.5 Å². The van der Waals surface area contributed by atoms with Crippen LogP contribution in [0.15, 0.2) is 32.6 Å². The van der Waals surface area contributed by atoms with Crippen molar-refractivity contribution in [3.8, 4) is 0 Å². The maximum atomic E-state index is 11.6. The van der Waals surface area contributed by atoms with E-state index in [1.807, 2.05) is 19.1 Å². The van der Waals surface area contributed by atoms with Gasteiger partial charge in [-0.3, -0.25) is 4.79 Å². The second-order valence-corrected chi connectivity index (χ2v) is 5.77. The van der Waals surface area contributed by atoms with Gasteiger partial charge >= 0.3 is 0 Å². The first-order valence-electron chi connectivity index (χ1n) is 6.65. The molecule has 2 rings (SSSR count). The summed E-state index contributed by atoms with van der Waals surface area (Å²) in [6.07, 6.45) is 1.75. The average molecular weight is 293 g/mol. The van der Waals surface area contributed by atoms with Crippen LogP contribution >= 0.6 is 11.8 Å². The van der Waals surface area contributed by atoms with Gasteiger partial charge in [-0.1, -0.05) is 25.1 Å². The zero-order chi connectivity index (χ0) is 14.5. The summed E-state index contributed by atoms with van der Waals surface area (Å²) in [5, 5.41) is 0.536. The Hall–Kier alpha value is -1.53. The van der Waals surface area contributed by atoms with Crippen molar-refractivity contribution < 1.29 is 4.42 Å². The molecule has 0 aliphatic heterocycles. The van der Waals surface area contributed by atoms with Crippen molar-refractivity contribution >= 4 is 11.8 Å². The Kier molecular flexibility index (Phi) is 5.03. The van der Waals surface area contributed by atoms with E-state index in [0.717, 1.165) is 30.1 Å². The van der Waals surface area contributed by atoms with E-state index in [4.69, 9.17) is 10.2 Å². The Bertz CT molecular complexity index is 621. The molecular weight excluding hydrogens is 274 g/mol. The summed E-state index contributed by atoms with van der Waals surface area (Å²) in [4.78, 5) is 18.8. The number of thioether (sulfide) groups is 1. The van der Waals surface area contributed by atoms with E-state index in [0.29, 0.717) is 11.7 Å². The topological polar surface area (TPSA) is 84.9 Å². The third-order valence-electron chi connectivity index (χ3n) is 2.83. The molecule has 0 saturated carbocycles. The molecule has 0 spiro atoms. The van der Waals surface area contributed by atoms with Crippen LogP contribution in [0.3, 0.4) is 0 Å². The number of aryl methyl sites for hydroxylation is 2. The number of aromatic amines is 1. The molecule has 3 N–H and O–H groups in total. The van der Waals surface area contributed by atoms with E-state index in [1.54, 1.807) is 6.07 Å². The Morgan fingerprint density at radius 2 is 2.30 bits per heavy atom. The molecule has 0 radical (unpaired) electrons. The molecule has 0 aliphatic carbocycles. The van der Waals surface area contributed by atoms with Gasteiger partial charge in [0.2, 0.25) is 0 Å². The fourth-order valence-electron chi connectivity index (χ4n) is 1.91. The number of aromatic nitrogens is 2. The lowest BCUT2D eigenvalue weighted by atomic mass is 10.2. The molecule has 20 heavy (non-hydrogen) atoms. The van der Waals surface area contributed by atoms with Gasteiger partial charge in [0.25, 0.3) is 5.56 Å². The number of H-pyrrole nitrogens is 1. The van der Waals surface area contributed by atoms with Gasteiger partial charge < -0.3 is 15.1 Å². The van der Waals surface area contributed by atoms with Crippen LogP contribution in [0.2, 0.25) is 0 Å². The smallest absolute Gasteiger partial charge is 0.251 e. The Labute approximate surface area is 122 Å². The first kappa shape index (κ1) is 14.9. The fourth-order valence-corrected chi connectivity index (χ4v) is 2.85. The monoisotopic (exact) mass is 293 g/mol. The standard InChI is InChI=1S/C14H19N3O2S/c1-3-4-10-7-13(18)17-14(16-10)20-12(8-15)11-6-5-9(2)19-11/h5-7,12H,3-4,8,15H2,1-2H3,(H,16,17,18). The Morgan fingerprint density at radius 1 is 1.50 bits per heavy atom. The lowest BCUT2D eigenvalue weighted by molar-refractivity contribution is 0.481. The zero-order valence-electron chi connectivity index (χ0n) is 11.7. The van der Waals surface area contributed by atoms with Crippen LogP contribution in [0.25, 0.3) is 0 Å². The summed E-state index contributed by atoms with van der Waals surface area (Å²) >= 11 is 1.42. The van der Waals surface area contributed by atoms with Crippen LogP contribution < -0.4 is 11.3 Å². The van der Waals surface area contributed by atoms with Crippen molar-refractivity contribution in [3.63, 3.8) is 0 Å². The normalized spacial score (nSPS) is 12.6. The summed E-state index contributed by atoms with van der Waals surface area (Å²) in [5.41, 5.74) is 6.48. The van der Waals surface area contributed by atoms with E-state index >= 15 is 0 Å². The van der Waals surface area contributed by atoms with E-state index < -0.39 is 0 Å². The number of hydrogen-bond donors (Lipinski definition) is 2. The molecule has 0 aromatic carbocycles. The second kappa shape index (κ2) is 6.76. The van der Waals surface area contributed by atoms with E-state index in [-0.39, 0.29) is 10.8 Å². The molecule has 5 nitrogen and oxygen atoms in total. The Balaban J connectivity index is 2.21. The highest BCUT2D eigenvalue weighted by Gasteiger charge is 2.17. The minimum absolute atomic E-state index is 0.0521. The van der Waals surface area contributed by atoms with Crippen molar-refractivity contribution in [2.24, 2.45) is 5.73 Å². The largest absolute Gasteiger partial charge is 0.465 e. The van der Waals surface area contributed by atoms with E-state index in [2.05, 4.69) is 16.9 Å². The van der Waals surface area contributed by atoms with Crippen molar-refractivity contribution in [3.05, 3.63) is 45.8 Å².